The van der Waals surface area contributed by atoms with Gasteiger partial charge in [-0.1, -0.05) is 23.8 Å². The van der Waals surface area contributed by atoms with E-state index in [9.17, 15) is 9.90 Å². The summed E-state index contributed by atoms with van der Waals surface area (Å²) in [7, 11) is 0. The standard InChI is InChI=1S/C27H26N2O5/c1-18-3-2-4-19(15-18)26-23-16-25(27(30)31)29(24(23)9-11-28-26)12-14-33-20-5-7-21(8-6-20)34-22-10-13-32-17-22/h2-9,11,15-16,22H,10,12-14,17H2,1H3,(H,30,31). The lowest BCUT2D eigenvalue weighted by molar-refractivity contribution is 0.0684. The number of rotatable bonds is 8. The predicted octanol–water partition coefficient (Wildman–Crippen LogP) is 4.96. The minimum Gasteiger partial charge on any atom is -0.492 e. The maximum Gasteiger partial charge on any atom is 0.352 e. The molecule has 3 heterocycles. The van der Waals surface area contributed by atoms with Gasteiger partial charge in [0.05, 0.1) is 31.0 Å². The summed E-state index contributed by atoms with van der Waals surface area (Å²) in [6.45, 7) is 4.09. The van der Waals surface area contributed by atoms with Crippen molar-refractivity contribution >= 4 is 16.9 Å². The number of carboxylic acids is 1. The van der Waals surface area contributed by atoms with Gasteiger partial charge in [-0.3, -0.25) is 4.98 Å². The van der Waals surface area contributed by atoms with Crippen LogP contribution in [0.3, 0.4) is 0 Å². The predicted molar refractivity (Wildman–Crippen MR) is 129 cm³/mol. The maximum absolute atomic E-state index is 12.0. The van der Waals surface area contributed by atoms with E-state index in [2.05, 4.69) is 11.1 Å². The molecule has 174 valence electrons. The molecule has 0 aliphatic carbocycles. The molecular formula is C27H26N2O5. The Hall–Kier alpha value is -3.84. The van der Waals surface area contributed by atoms with E-state index in [1.54, 1.807) is 16.8 Å². The second kappa shape index (κ2) is 9.57. The Labute approximate surface area is 197 Å². The second-order valence-electron chi connectivity index (χ2n) is 8.37. The highest BCUT2D eigenvalue weighted by atomic mass is 16.5. The molecule has 0 amide bonds. The Morgan fingerprint density at radius 3 is 2.71 bits per heavy atom. The zero-order valence-electron chi connectivity index (χ0n) is 18.9. The van der Waals surface area contributed by atoms with Crippen LogP contribution in [0.4, 0.5) is 0 Å². The number of hydrogen-bond donors (Lipinski definition) is 1. The van der Waals surface area contributed by atoms with Crippen molar-refractivity contribution < 1.29 is 24.1 Å². The van der Waals surface area contributed by atoms with Crippen LogP contribution in [0.15, 0.2) is 66.9 Å². The van der Waals surface area contributed by atoms with Crippen LogP contribution >= 0.6 is 0 Å². The van der Waals surface area contributed by atoms with Crippen LogP contribution in [0.1, 0.15) is 22.5 Å². The van der Waals surface area contributed by atoms with Crippen molar-refractivity contribution in [1.82, 2.24) is 9.55 Å². The highest BCUT2D eigenvalue weighted by molar-refractivity contribution is 6.00. The summed E-state index contributed by atoms with van der Waals surface area (Å²) in [6, 6.07) is 19.1. The van der Waals surface area contributed by atoms with Gasteiger partial charge < -0.3 is 23.9 Å². The molecule has 0 saturated carbocycles. The molecule has 1 aliphatic rings. The average Bonchev–Trinajstić information content (AvgIpc) is 3.48. The number of carboxylic acid groups (broad SMARTS) is 1. The van der Waals surface area contributed by atoms with Crippen LogP contribution < -0.4 is 9.47 Å². The number of benzene rings is 2. The molecule has 2 aromatic heterocycles. The quantitative estimate of drug-likeness (QED) is 0.402. The van der Waals surface area contributed by atoms with E-state index in [0.29, 0.717) is 25.5 Å². The fourth-order valence-electron chi connectivity index (χ4n) is 4.29. The largest absolute Gasteiger partial charge is 0.492 e. The van der Waals surface area contributed by atoms with E-state index in [1.807, 2.05) is 55.5 Å². The van der Waals surface area contributed by atoms with Crippen molar-refractivity contribution in [2.45, 2.75) is 26.0 Å². The molecule has 4 aromatic rings. The molecule has 5 rings (SSSR count). The first-order valence-corrected chi connectivity index (χ1v) is 11.3. The van der Waals surface area contributed by atoms with E-state index in [0.717, 1.165) is 46.5 Å². The van der Waals surface area contributed by atoms with Crippen molar-refractivity contribution in [3.8, 4) is 22.8 Å². The molecular weight excluding hydrogens is 432 g/mol. The Kier molecular flexibility index (Phi) is 6.18. The molecule has 7 heteroatoms. The maximum atomic E-state index is 12.0. The normalized spacial score (nSPS) is 15.5. The van der Waals surface area contributed by atoms with Crippen molar-refractivity contribution in [2.75, 3.05) is 19.8 Å². The number of pyridine rings is 1. The summed E-state index contributed by atoms with van der Waals surface area (Å²) in [5, 5.41) is 10.6. The van der Waals surface area contributed by atoms with Gasteiger partial charge in [-0.15, -0.1) is 0 Å². The SMILES string of the molecule is Cc1cccc(-c2nccc3c2cc(C(=O)O)n3CCOc2ccc(OC3CCOC3)cc2)c1. The Morgan fingerprint density at radius 1 is 1.15 bits per heavy atom. The monoisotopic (exact) mass is 458 g/mol. The summed E-state index contributed by atoms with van der Waals surface area (Å²) in [6.07, 6.45) is 2.72. The first-order valence-electron chi connectivity index (χ1n) is 11.3. The van der Waals surface area contributed by atoms with Crippen LogP contribution in [-0.4, -0.2) is 46.6 Å². The van der Waals surface area contributed by atoms with Gasteiger partial charge in [0.25, 0.3) is 0 Å². The van der Waals surface area contributed by atoms with Gasteiger partial charge >= 0.3 is 5.97 Å². The van der Waals surface area contributed by atoms with Gasteiger partial charge in [0.1, 0.15) is 29.9 Å². The van der Waals surface area contributed by atoms with E-state index in [-0.39, 0.29) is 11.8 Å². The minimum absolute atomic E-state index is 0.0995. The number of fused-ring (bicyclic) bond motifs is 1. The first kappa shape index (κ1) is 22.0. The molecule has 1 atom stereocenters. The molecule has 7 nitrogen and oxygen atoms in total. The summed E-state index contributed by atoms with van der Waals surface area (Å²) in [5.41, 5.74) is 3.88. The summed E-state index contributed by atoms with van der Waals surface area (Å²) >= 11 is 0. The van der Waals surface area contributed by atoms with Gasteiger partial charge in [0.2, 0.25) is 0 Å². The molecule has 1 fully saturated rings. The summed E-state index contributed by atoms with van der Waals surface area (Å²) < 4.78 is 18.9. The molecule has 1 unspecified atom stereocenters. The number of hydrogen-bond acceptors (Lipinski definition) is 5. The summed E-state index contributed by atoms with van der Waals surface area (Å²) in [5.74, 6) is 0.498. The molecule has 1 aliphatic heterocycles. The fourth-order valence-corrected chi connectivity index (χ4v) is 4.29. The van der Waals surface area contributed by atoms with Gasteiger partial charge in [-0.25, -0.2) is 4.79 Å². The zero-order valence-corrected chi connectivity index (χ0v) is 18.9. The highest BCUT2D eigenvalue weighted by Crippen LogP contribution is 2.30. The number of ether oxygens (including phenoxy) is 3. The topological polar surface area (TPSA) is 82.8 Å². The first-order chi connectivity index (χ1) is 16.6. The molecule has 0 radical (unpaired) electrons. The molecule has 0 bridgehead atoms. The van der Waals surface area contributed by atoms with Gasteiger partial charge in [0, 0.05) is 23.6 Å². The highest BCUT2D eigenvalue weighted by Gasteiger charge is 2.19. The van der Waals surface area contributed by atoms with E-state index >= 15 is 0 Å². The lowest BCUT2D eigenvalue weighted by Crippen LogP contribution is -2.15. The number of nitrogens with zero attached hydrogens (tertiary/aromatic N) is 2. The number of aromatic nitrogens is 2. The van der Waals surface area contributed by atoms with Crippen LogP contribution in [0.2, 0.25) is 0 Å². The number of carbonyl (C=O) groups is 1. The van der Waals surface area contributed by atoms with Crippen LogP contribution in [0, 0.1) is 6.92 Å². The van der Waals surface area contributed by atoms with Gasteiger partial charge in [-0.2, -0.15) is 0 Å². The third-order valence-electron chi connectivity index (χ3n) is 5.94. The molecule has 0 spiro atoms. The lowest BCUT2D eigenvalue weighted by Gasteiger charge is -2.13. The average molecular weight is 459 g/mol. The Bertz CT molecular complexity index is 1310. The van der Waals surface area contributed by atoms with Crippen molar-refractivity contribution in [1.29, 1.82) is 0 Å². The molecule has 2 aromatic carbocycles. The lowest BCUT2D eigenvalue weighted by atomic mass is 10.1. The zero-order chi connectivity index (χ0) is 23.5. The van der Waals surface area contributed by atoms with Gasteiger partial charge in [-0.05, 0) is 49.4 Å². The van der Waals surface area contributed by atoms with Crippen molar-refractivity contribution in [3.05, 3.63) is 78.1 Å². The van der Waals surface area contributed by atoms with Gasteiger partial charge in [0.15, 0.2) is 0 Å². The van der Waals surface area contributed by atoms with Crippen molar-refractivity contribution in [3.63, 3.8) is 0 Å². The van der Waals surface area contributed by atoms with E-state index in [1.165, 1.54) is 0 Å². The van der Waals surface area contributed by atoms with Crippen LogP contribution in [0.5, 0.6) is 11.5 Å². The molecule has 1 saturated heterocycles. The minimum atomic E-state index is -0.983. The second-order valence-corrected chi connectivity index (χ2v) is 8.37. The van der Waals surface area contributed by atoms with Crippen molar-refractivity contribution in [2.24, 2.45) is 0 Å². The van der Waals surface area contributed by atoms with E-state index in [4.69, 9.17) is 14.2 Å². The fraction of sp³-hybridized carbons (Fsp3) is 0.259. The summed E-state index contributed by atoms with van der Waals surface area (Å²) in [4.78, 5) is 16.5. The molecule has 1 N–H and O–H groups in total. The Morgan fingerprint density at radius 2 is 1.97 bits per heavy atom. The number of aryl methyl sites for hydroxylation is 1. The Balaban J connectivity index is 1.33. The van der Waals surface area contributed by atoms with Crippen LogP contribution in [0.25, 0.3) is 22.2 Å². The smallest absolute Gasteiger partial charge is 0.352 e. The number of aromatic carboxylic acids is 1. The van der Waals surface area contributed by atoms with Crippen LogP contribution in [-0.2, 0) is 11.3 Å². The molecule has 34 heavy (non-hydrogen) atoms. The third-order valence-corrected chi connectivity index (χ3v) is 5.94. The van der Waals surface area contributed by atoms with E-state index < -0.39 is 5.97 Å². The third kappa shape index (κ3) is 4.61.